The number of carbonyl (C=O) groups is 1. The van der Waals surface area contributed by atoms with E-state index in [1.807, 2.05) is 47.4 Å². The molecule has 1 atom stereocenters. The molecule has 108 valence electrons. The number of nitrogens with zero attached hydrogens (tertiary/aromatic N) is 1. The van der Waals surface area contributed by atoms with Crippen LogP contribution in [0.4, 0.5) is 0 Å². The minimum Gasteiger partial charge on any atom is -0.508 e. The number of rotatable bonds is 3. The van der Waals surface area contributed by atoms with Gasteiger partial charge in [-0.2, -0.15) is 0 Å². The summed E-state index contributed by atoms with van der Waals surface area (Å²) in [6.07, 6.45) is 1.96. The van der Waals surface area contributed by atoms with E-state index >= 15 is 0 Å². The Hall–Kier alpha value is -2.29. The van der Waals surface area contributed by atoms with Gasteiger partial charge in [-0.3, -0.25) is 4.79 Å². The van der Waals surface area contributed by atoms with E-state index in [4.69, 9.17) is 0 Å². The third-order valence-electron chi connectivity index (χ3n) is 4.04. The van der Waals surface area contributed by atoms with Crippen molar-refractivity contribution in [3.63, 3.8) is 0 Å². The molecule has 2 aromatic rings. The number of aromatic hydroxyl groups is 1. The van der Waals surface area contributed by atoms with Crippen LogP contribution in [0.5, 0.6) is 5.75 Å². The molecule has 1 saturated heterocycles. The van der Waals surface area contributed by atoms with E-state index in [1.165, 1.54) is 0 Å². The lowest BCUT2D eigenvalue weighted by Gasteiger charge is -2.32. The van der Waals surface area contributed by atoms with Gasteiger partial charge in [0.1, 0.15) is 5.75 Å². The molecular formula is C18H19NO2. The summed E-state index contributed by atoms with van der Waals surface area (Å²) in [5.41, 5.74) is 2.16. The Bertz CT molecular complexity index is 607. The number of hydrogen-bond acceptors (Lipinski definition) is 2. The largest absolute Gasteiger partial charge is 0.508 e. The van der Waals surface area contributed by atoms with Crippen molar-refractivity contribution in [2.45, 2.75) is 25.3 Å². The number of amides is 1. The lowest BCUT2D eigenvalue weighted by atomic mass is 9.89. The summed E-state index contributed by atoms with van der Waals surface area (Å²) < 4.78 is 0. The van der Waals surface area contributed by atoms with Crippen LogP contribution in [0.15, 0.2) is 54.6 Å². The zero-order valence-electron chi connectivity index (χ0n) is 11.9. The zero-order valence-corrected chi connectivity index (χ0v) is 11.9. The van der Waals surface area contributed by atoms with E-state index < -0.39 is 0 Å². The fraction of sp³-hybridized carbons (Fsp3) is 0.278. The van der Waals surface area contributed by atoms with Crippen LogP contribution in [0.3, 0.4) is 0 Å². The van der Waals surface area contributed by atoms with Crippen molar-refractivity contribution in [1.82, 2.24) is 4.90 Å². The van der Waals surface area contributed by atoms with Crippen molar-refractivity contribution < 1.29 is 9.90 Å². The highest BCUT2D eigenvalue weighted by Gasteiger charge is 2.29. The van der Waals surface area contributed by atoms with E-state index in [9.17, 15) is 9.90 Å². The second-order valence-electron chi connectivity index (χ2n) is 5.53. The Morgan fingerprint density at radius 1 is 1.05 bits per heavy atom. The topological polar surface area (TPSA) is 40.5 Å². The molecule has 2 aromatic carbocycles. The van der Waals surface area contributed by atoms with Gasteiger partial charge in [-0.25, -0.2) is 0 Å². The molecule has 0 radical (unpaired) electrons. The van der Waals surface area contributed by atoms with Crippen LogP contribution in [-0.2, 0) is 11.3 Å². The van der Waals surface area contributed by atoms with Crippen molar-refractivity contribution in [1.29, 1.82) is 0 Å². The molecular weight excluding hydrogens is 262 g/mol. The molecule has 1 unspecified atom stereocenters. The first kappa shape index (κ1) is 13.7. The van der Waals surface area contributed by atoms with Gasteiger partial charge >= 0.3 is 0 Å². The minimum atomic E-state index is -0.0166. The lowest BCUT2D eigenvalue weighted by molar-refractivity contribution is -0.135. The molecule has 1 aliphatic heterocycles. The number of hydrogen-bond donors (Lipinski definition) is 1. The van der Waals surface area contributed by atoms with Crippen LogP contribution in [0, 0.1) is 0 Å². The molecule has 0 bridgehead atoms. The molecule has 21 heavy (non-hydrogen) atoms. The van der Waals surface area contributed by atoms with E-state index in [1.54, 1.807) is 12.1 Å². The number of carbonyl (C=O) groups excluding carboxylic acids is 1. The second-order valence-corrected chi connectivity index (χ2v) is 5.53. The van der Waals surface area contributed by atoms with Gasteiger partial charge in [0.15, 0.2) is 0 Å². The van der Waals surface area contributed by atoms with Crippen LogP contribution < -0.4 is 0 Å². The van der Waals surface area contributed by atoms with Gasteiger partial charge in [0.25, 0.3) is 0 Å². The summed E-state index contributed by atoms with van der Waals surface area (Å²) in [5.74, 6) is 0.448. The summed E-state index contributed by atoms with van der Waals surface area (Å²) in [5, 5.41) is 9.32. The maximum absolute atomic E-state index is 12.7. The van der Waals surface area contributed by atoms with Crippen molar-refractivity contribution in [2.75, 3.05) is 6.54 Å². The van der Waals surface area contributed by atoms with Crippen molar-refractivity contribution in [3.05, 3.63) is 65.7 Å². The highest BCUT2D eigenvalue weighted by atomic mass is 16.3. The number of piperidine rings is 1. The quantitative estimate of drug-likeness (QED) is 0.937. The van der Waals surface area contributed by atoms with E-state index in [-0.39, 0.29) is 17.6 Å². The Balaban J connectivity index is 1.74. The first-order chi connectivity index (χ1) is 10.2. The predicted molar refractivity (Wildman–Crippen MR) is 81.9 cm³/mol. The van der Waals surface area contributed by atoms with E-state index in [2.05, 4.69) is 0 Å². The molecule has 3 rings (SSSR count). The maximum atomic E-state index is 12.7. The summed E-state index contributed by atoms with van der Waals surface area (Å²) in [4.78, 5) is 14.6. The Morgan fingerprint density at radius 3 is 2.48 bits per heavy atom. The summed E-state index contributed by atoms with van der Waals surface area (Å²) in [7, 11) is 0. The maximum Gasteiger partial charge on any atom is 0.230 e. The summed E-state index contributed by atoms with van der Waals surface area (Å²) >= 11 is 0. The van der Waals surface area contributed by atoms with Crippen LogP contribution in [0.25, 0.3) is 0 Å². The number of phenolic OH excluding ortho intramolecular Hbond substituents is 1. The highest BCUT2D eigenvalue weighted by Crippen LogP contribution is 2.29. The summed E-state index contributed by atoms with van der Waals surface area (Å²) in [6.45, 7) is 1.42. The average Bonchev–Trinajstić information content (AvgIpc) is 2.52. The molecule has 1 amide bonds. The van der Waals surface area contributed by atoms with Crippen molar-refractivity contribution in [3.8, 4) is 5.75 Å². The third kappa shape index (κ3) is 3.07. The summed E-state index contributed by atoms with van der Waals surface area (Å²) in [6, 6.07) is 17.1. The fourth-order valence-electron chi connectivity index (χ4n) is 2.91. The fourth-order valence-corrected chi connectivity index (χ4v) is 2.91. The molecule has 0 aliphatic carbocycles. The standard InChI is InChI=1S/C18H19NO2/c20-16-10-8-14(9-11-16)13-19-12-4-7-17(18(19)21)15-5-2-1-3-6-15/h1-3,5-6,8-11,17,20H,4,7,12-13H2. The average molecular weight is 281 g/mol. The molecule has 1 fully saturated rings. The molecule has 3 heteroatoms. The number of phenols is 1. The molecule has 0 spiro atoms. The van der Waals surface area contributed by atoms with Crippen LogP contribution in [0.2, 0.25) is 0 Å². The molecule has 1 heterocycles. The van der Waals surface area contributed by atoms with E-state index in [0.29, 0.717) is 6.54 Å². The molecule has 3 nitrogen and oxygen atoms in total. The highest BCUT2D eigenvalue weighted by molar-refractivity contribution is 5.84. The Morgan fingerprint density at radius 2 is 1.76 bits per heavy atom. The molecule has 0 aromatic heterocycles. The second kappa shape index (κ2) is 6.00. The SMILES string of the molecule is O=C1C(c2ccccc2)CCCN1Cc1ccc(O)cc1. The van der Waals surface area contributed by atoms with Crippen molar-refractivity contribution >= 4 is 5.91 Å². The zero-order chi connectivity index (χ0) is 14.7. The Labute approximate surface area is 124 Å². The van der Waals surface area contributed by atoms with Gasteiger partial charge in [0, 0.05) is 13.1 Å². The smallest absolute Gasteiger partial charge is 0.230 e. The van der Waals surface area contributed by atoms with Crippen LogP contribution in [0.1, 0.15) is 29.9 Å². The van der Waals surface area contributed by atoms with Gasteiger partial charge in [-0.1, -0.05) is 42.5 Å². The number of likely N-dealkylation sites (tertiary alicyclic amines) is 1. The molecule has 1 N–H and O–H groups in total. The normalized spacial score (nSPS) is 18.8. The van der Waals surface area contributed by atoms with Gasteiger partial charge < -0.3 is 10.0 Å². The lowest BCUT2D eigenvalue weighted by Crippen LogP contribution is -2.39. The van der Waals surface area contributed by atoms with Crippen molar-refractivity contribution in [2.24, 2.45) is 0 Å². The molecule has 1 aliphatic rings. The van der Waals surface area contributed by atoms with Crippen LogP contribution >= 0.6 is 0 Å². The van der Waals surface area contributed by atoms with Gasteiger partial charge in [-0.05, 0) is 36.1 Å². The van der Waals surface area contributed by atoms with E-state index in [0.717, 1.165) is 30.5 Å². The van der Waals surface area contributed by atoms with Crippen LogP contribution in [-0.4, -0.2) is 22.5 Å². The van der Waals surface area contributed by atoms with Gasteiger partial charge in [-0.15, -0.1) is 0 Å². The predicted octanol–water partition coefficient (Wildman–Crippen LogP) is 3.30. The minimum absolute atomic E-state index is 0.0166. The Kier molecular flexibility index (Phi) is 3.91. The first-order valence-electron chi connectivity index (χ1n) is 7.35. The third-order valence-corrected chi connectivity index (χ3v) is 4.04. The number of benzene rings is 2. The van der Waals surface area contributed by atoms with Gasteiger partial charge in [0.05, 0.1) is 5.92 Å². The first-order valence-corrected chi connectivity index (χ1v) is 7.35. The monoisotopic (exact) mass is 281 g/mol. The molecule has 0 saturated carbocycles. The van der Waals surface area contributed by atoms with Gasteiger partial charge in [0.2, 0.25) is 5.91 Å².